The minimum Gasteiger partial charge on any atom is -0.471 e. The highest BCUT2D eigenvalue weighted by atomic mass is 19.3. The molecule has 0 amide bonds. The lowest BCUT2D eigenvalue weighted by Crippen LogP contribution is -2.13. The van der Waals surface area contributed by atoms with Crippen LogP contribution in [0.4, 0.5) is 14.7 Å². The molecule has 7 heteroatoms. The van der Waals surface area contributed by atoms with E-state index in [0.717, 1.165) is 0 Å². The Hall–Kier alpha value is -1.50. The van der Waals surface area contributed by atoms with Crippen LogP contribution in [0.1, 0.15) is 5.69 Å². The molecule has 1 aromatic heterocycles. The number of rotatable bonds is 4. The zero-order valence-electron chi connectivity index (χ0n) is 7.50. The smallest absolute Gasteiger partial charge is 0.272 e. The summed E-state index contributed by atoms with van der Waals surface area (Å²) < 4.78 is 28.3. The third kappa shape index (κ3) is 3.09. The molecule has 14 heavy (non-hydrogen) atoms. The minimum atomic E-state index is -2.53. The van der Waals surface area contributed by atoms with E-state index >= 15 is 0 Å². The molecule has 0 saturated heterocycles. The van der Waals surface area contributed by atoms with Crippen LogP contribution in [0.15, 0.2) is 6.07 Å². The Morgan fingerprint density at radius 2 is 2.29 bits per heavy atom. The average molecular weight is 204 g/mol. The van der Waals surface area contributed by atoms with Gasteiger partial charge >= 0.3 is 0 Å². The zero-order valence-corrected chi connectivity index (χ0v) is 7.50. The summed E-state index contributed by atoms with van der Waals surface area (Å²) in [5.74, 6) is 5.27. The summed E-state index contributed by atoms with van der Waals surface area (Å²) >= 11 is 0. The van der Waals surface area contributed by atoms with Gasteiger partial charge in [-0.3, -0.25) is 5.43 Å². The summed E-state index contributed by atoms with van der Waals surface area (Å²) in [6, 6.07) is 1.45. The van der Waals surface area contributed by atoms with Crippen molar-refractivity contribution in [1.29, 1.82) is 0 Å². The quantitative estimate of drug-likeness (QED) is 0.558. The Kier molecular flexibility index (Phi) is 3.52. The molecule has 5 nitrogen and oxygen atoms in total. The number of hydrogen-bond donors (Lipinski definition) is 2. The van der Waals surface area contributed by atoms with E-state index in [0.29, 0.717) is 5.69 Å². The minimum absolute atomic E-state index is 0.0748. The third-order valence-electron chi connectivity index (χ3n) is 1.32. The highest BCUT2D eigenvalue weighted by molar-refractivity contribution is 5.28. The van der Waals surface area contributed by atoms with Gasteiger partial charge in [0.25, 0.3) is 6.43 Å². The van der Waals surface area contributed by atoms with E-state index in [1.165, 1.54) is 6.07 Å². The van der Waals surface area contributed by atoms with Gasteiger partial charge in [0, 0.05) is 11.8 Å². The predicted octanol–water partition coefficient (Wildman–Crippen LogP) is 0.715. The van der Waals surface area contributed by atoms with Crippen LogP contribution in [-0.2, 0) is 0 Å². The lowest BCUT2D eigenvalue weighted by Gasteiger charge is -2.06. The molecule has 0 atom stereocenters. The maximum atomic E-state index is 11.8. The first-order valence-electron chi connectivity index (χ1n) is 3.85. The Labute approximate surface area is 79.3 Å². The lowest BCUT2D eigenvalue weighted by molar-refractivity contribution is 0.0795. The van der Waals surface area contributed by atoms with Crippen molar-refractivity contribution in [3.05, 3.63) is 11.8 Å². The molecular formula is C7H10F2N4O. The summed E-state index contributed by atoms with van der Waals surface area (Å²) in [6.07, 6.45) is -2.53. The number of alkyl halides is 2. The first kappa shape index (κ1) is 10.6. The second kappa shape index (κ2) is 4.66. The van der Waals surface area contributed by atoms with Gasteiger partial charge in [-0.25, -0.2) is 19.6 Å². The van der Waals surface area contributed by atoms with Crippen molar-refractivity contribution in [2.75, 3.05) is 12.0 Å². The van der Waals surface area contributed by atoms with Gasteiger partial charge in [0.2, 0.25) is 11.8 Å². The van der Waals surface area contributed by atoms with Crippen LogP contribution in [0.5, 0.6) is 5.88 Å². The fraction of sp³-hybridized carbons (Fsp3) is 0.429. The number of aromatic nitrogens is 2. The molecule has 0 aliphatic carbocycles. The molecule has 0 unspecified atom stereocenters. The summed E-state index contributed by atoms with van der Waals surface area (Å²) in [5, 5.41) is 0. The highest BCUT2D eigenvalue weighted by Crippen LogP contribution is 2.11. The van der Waals surface area contributed by atoms with Crippen LogP contribution in [-0.4, -0.2) is 23.0 Å². The number of hydrazine groups is 1. The average Bonchev–Trinajstić information content (AvgIpc) is 2.14. The van der Waals surface area contributed by atoms with Gasteiger partial charge in [-0.15, -0.1) is 0 Å². The van der Waals surface area contributed by atoms with Gasteiger partial charge < -0.3 is 4.74 Å². The van der Waals surface area contributed by atoms with E-state index in [2.05, 4.69) is 15.4 Å². The molecule has 0 aromatic carbocycles. The predicted molar refractivity (Wildman–Crippen MR) is 46.1 cm³/mol. The Morgan fingerprint density at radius 3 is 2.86 bits per heavy atom. The van der Waals surface area contributed by atoms with Gasteiger partial charge in [-0.2, -0.15) is 4.98 Å². The van der Waals surface area contributed by atoms with Gasteiger partial charge in [-0.1, -0.05) is 0 Å². The molecule has 0 fully saturated rings. The van der Waals surface area contributed by atoms with Crippen molar-refractivity contribution in [1.82, 2.24) is 9.97 Å². The summed E-state index contributed by atoms with van der Waals surface area (Å²) in [7, 11) is 0. The van der Waals surface area contributed by atoms with Crippen molar-refractivity contribution in [3.8, 4) is 5.88 Å². The number of nitrogens with zero attached hydrogens (tertiary/aromatic N) is 2. The number of nitrogen functional groups attached to an aromatic ring is 1. The van der Waals surface area contributed by atoms with E-state index < -0.39 is 13.0 Å². The van der Waals surface area contributed by atoms with Crippen LogP contribution in [0, 0.1) is 6.92 Å². The molecule has 0 radical (unpaired) electrons. The lowest BCUT2D eigenvalue weighted by atomic mass is 10.4. The molecule has 0 bridgehead atoms. The molecule has 1 rings (SSSR count). The van der Waals surface area contributed by atoms with Gasteiger partial charge in [-0.05, 0) is 6.92 Å². The number of ether oxygens (including phenoxy) is 1. The Bertz CT molecular complexity index is 308. The van der Waals surface area contributed by atoms with E-state index in [4.69, 9.17) is 10.6 Å². The number of anilines is 1. The largest absolute Gasteiger partial charge is 0.471 e. The van der Waals surface area contributed by atoms with Crippen molar-refractivity contribution < 1.29 is 13.5 Å². The first-order valence-corrected chi connectivity index (χ1v) is 3.85. The van der Waals surface area contributed by atoms with Crippen LogP contribution in [0.2, 0.25) is 0 Å². The van der Waals surface area contributed by atoms with Crippen LogP contribution >= 0.6 is 0 Å². The molecule has 1 heterocycles. The van der Waals surface area contributed by atoms with Crippen molar-refractivity contribution in [2.45, 2.75) is 13.3 Å². The molecule has 78 valence electrons. The summed E-state index contributed by atoms with van der Waals surface area (Å²) in [6.45, 7) is 0.984. The molecule has 3 N–H and O–H groups in total. The monoisotopic (exact) mass is 204 g/mol. The zero-order chi connectivity index (χ0) is 10.6. The number of nitrogens with two attached hydrogens (primary N) is 1. The molecule has 0 spiro atoms. The highest BCUT2D eigenvalue weighted by Gasteiger charge is 2.06. The molecule has 0 saturated carbocycles. The van der Waals surface area contributed by atoms with E-state index in [1.54, 1.807) is 6.92 Å². The van der Waals surface area contributed by atoms with Crippen LogP contribution in [0.3, 0.4) is 0 Å². The normalized spacial score (nSPS) is 10.4. The standard InChI is InChI=1S/C7H10F2N4O/c1-4-2-6(14-3-5(8)9)12-7(11-4)13-10/h2,5H,3,10H2,1H3,(H,11,12,13). The third-order valence-corrected chi connectivity index (χ3v) is 1.32. The molecule has 0 aliphatic heterocycles. The first-order chi connectivity index (χ1) is 6.61. The Balaban J connectivity index is 2.71. The Morgan fingerprint density at radius 1 is 1.57 bits per heavy atom. The molecule has 1 aromatic rings. The van der Waals surface area contributed by atoms with Crippen molar-refractivity contribution >= 4 is 5.95 Å². The maximum absolute atomic E-state index is 11.8. The van der Waals surface area contributed by atoms with E-state index in [-0.39, 0.29) is 11.8 Å². The summed E-state index contributed by atoms with van der Waals surface area (Å²) in [5.41, 5.74) is 2.79. The SMILES string of the molecule is Cc1cc(OCC(F)F)nc(NN)n1. The molecule has 0 aliphatic rings. The van der Waals surface area contributed by atoms with Gasteiger partial charge in [0.1, 0.15) is 0 Å². The van der Waals surface area contributed by atoms with Gasteiger partial charge in [0.05, 0.1) is 0 Å². The van der Waals surface area contributed by atoms with Crippen LogP contribution in [0.25, 0.3) is 0 Å². The van der Waals surface area contributed by atoms with Gasteiger partial charge in [0.15, 0.2) is 6.61 Å². The fourth-order valence-electron chi connectivity index (χ4n) is 0.827. The molecular weight excluding hydrogens is 194 g/mol. The fourth-order valence-corrected chi connectivity index (χ4v) is 0.827. The summed E-state index contributed by atoms with van der Waals surface area (Å²) in [4.78, 5) is 7.59. The van der Waals surface area contributed by atoms with Crippen molar-refractivity contribution in [3.63, 3.8) is 0 Å². The number of hydrogen-bond acceptors (Lipinski definition) is 5. The second-order valence-corrected chi connectivity index (χ2v) is 2.52. The second-order valence-electron chi connectivity index (χ2n) is 2.52. The van der Waals surface area contributed by atoms with Crippen LogP contribution < -0.4 is 16.0 Å². The number of nitrogens with one attached hydrogen (secondary N) is 1. The number of halogens is 2. The topological polar surface area (TPSA) is 73.1 Å². The maximum Gasteiger partial charge on any atom is 0.272 e. The van der Waals surface area contributed by atoms with Crippen molar-refractivity contribution in [2.24, 2.45) is 5.84 Å². The van der Waals surface area contributed by atoms with E-state index in [9.17, 15) is 8.78 Å². The number of aryl methyl sites for hydroxylation is 1. The van der Waals surface area contributed by atoms with E-state index in [1.807, 2.05) is 0 Å².